The van der Waals surface area contributed by atoms with Crippen LogP contribution in [0.3, 0.4) is 0 Å². The molecule has 0 bridgehead atoms. The zero-order valence-electron chi connectivity index (χ0n) is 18.4. The molecule has 1 fully saturated rings. The lowest BCUT2D eigenvalue weighted by molar-refractivity contribution is 0.195. The lowest BCUT2D eigenvalue weighted by Crippen LogP contribution is -2.34. The SMILES string of the molecule is COc1cc(-c2cc3[nH]c(=O)n(C4CCC(N(C)C)CC4)c3cc2C)cn2ncnc12. The van der Waals surface area contributed by atoms with Crippen molar-refractivity contribution in [2.24, 2.45) is 0 Å². The molecule has 0 unspecified atom stereocenters. The minimum Gasteiger partial charge on any atom is -0.493 e. The fraction of sp³-hybridized carbons (Fsp3) is 0.435. The van der Waals surface area contributed by atoms with Gasteiger partial charge in [-0.25, -0.2) is 14.3 Å². The van der Waals surface area contributed by atoms with Crippen molar-refractivity contribution in [2.75, 3.05) is 21.2 Å². The summed E-state index contributed by atoms with van der Waals surface area (Å²) in [6.45, 7) is 2.08. The first-order valence-corrected chi connectivity index (χ1v) is 10.8. The zero-order chi connectivity index (χ0) is 21.7. The molecule has 1 aromatic carbocycles. The third-order valence-electron chi connectivity index (χ3n) is 6.70. The minimum atomic E-state index is -0.0239. The number of fused-ring (bicyclic) bond motifs is 2. The minimum absolute atomic E-state index is 0.0239. The number of benzene rings is 1. The Kier molecular flexibility index (Phi) is 4.81. The first kappa shape index (κ1) is 19.8. The van der Waals surface area contributed by atoms with Crippen LogP contribution in [0, 0.1) is 6.92 Å². The van der Waals surface area contributed by atoms with E-state index >= 15 is 0 Å². The van der Waals surface area contributed by atoms with E-state index in [4.69, 9.17) is 4.74 Å². The molecule has 3 aromatic heterocycles. The molecule has 0 amide bonds. The van der Waals surface area contributed by atoms with E-state index in [9.17, 15) is 4.79 Å². The van der Waals surface area contributed by atoms with Gasteiger partial charge in [0.05, 0.1) is 18.1 Å². The Bertz CT molecular complexity index is 1310. The van der Waals surface area contributed by atoms with Gasteiger partial charge < -0.3 is 14.6 Å². The van der Waals surface area contributed by atoms with Crippen molar-refractivity contribution in [3.8, 4) is 16.9 Å². The summed E-state index contributed by atoms with van der Waals surface area (Å²) in [6, 6.07) is 7.00. The number of hydrogen-bond donors (Lipinski definition) is 1. The summed E-state index contributed by atoms with van der Waals surface area (Å²) in [4.78, 5) is 22.5. The molecule has 31 heavy (non-hydrogen) atoms. The maximum Gasteiger partial charge on any atom is 0.326 e. The van der Waals surface area contributed by atoms with E-state index in [1.807, 2.05) is 16.8 Å². The van der Waals surface area contributed by atoms with Crippen LogP contribution in [-0.2, 0) is 0 Å². The molecule has 3 heterocycles. The summed E-state index contributed by atoms with van der Waals surface area (Å²) >= 11 is 0. The Hall–Kier alpha value is -3.13. The number of H-pyrrole nitrogens is 1. The van der Waals surface area contributed by atoms with Gasteiger partial charge in [-0.3, -0.25) is 4.57 Å². The summed E-state index contributed by atoms with van der Waals surface area (Å²) in [5, 5.41) is 4.26. The summed E-state index contributed by atoms with van der Waals surface area (Å²) in [7, 11) is 5.91. The van der Waals surface area contributed by atoms with Crippen LogP contribution in [0.5, 0.6) is 5.75 Å². The van der Waals surface area contributed by atoms with Crippen LogP contribution in [0.25, 0.3) is 27.8 Å². The predicted molar refractivity (Wildman–Crippen MR) is 121 cm³/mol. The van der Waals surface area contributed by atoms with Gasteiger partial charge >= 0.3 is 5.69 Å². The van der Waals surface area contributed by atoms with Crippen LogP contribution in [0.1, 0.15) is 37.3 Å². The Morgan fingerprint density at radius 1 is 1.16 bits per heavy atom. The monoisotopic (exact) mass is 420 g/mol. The maximum atomic E-state index is 12.9. The number of hydrogen-bond acceptors (Lipinski definition) is 5. The number of pyridine rings is 1. The molecule has 5 rings (SSSR count). The highest BCUT2D eigenvalue weighted by atomic mass is 16.5. The summed E-state index contributed by atoms with van der Waals surface area (Å²) in [6.07, 6.45) is 7.74. The van der Waals surface area contributed by atoms with Crippen molar-refractivity contribution in [3.05, 3.63) is 46.8 Å². The van der Waals surface area contributed by atoms with Gasteiger partial charge in [0, 0.05) is 23.8 Å². The highest BCUT2D eigenvalue weighted by Gasteiger charge is 2.26. The number of imidazole rings is 1. The average Bonchev–Trinajstić information content (AvgIpc) is 3.35. The molecule has 1 aliphatic carbocycles. The Morgan fingerprint density at radius 3 is 2.65 bits per heavy atom. The first-order chi connectivity index (χ1) is 15.0. The number of nitrogens with zero attached hydrogens (tertiary/aromatic N) is 5. The molecule has 0 spiro atoms. The van der Waals surface area contributed by atoms with Gasteiger partial charge in [0.15, 0.2) is 11.4 Å². The summed E-state index contributed by atoms with van der Waals surface area (Å²) in [5.74, 6) is 0.665. The fourth-order valence-electron chi connectivity index (χ4n) is 4.98. The van der Waals surface area contributed by atoms with E-state index in [0.717, 1.165) is 53.4 Å². The van der Waals surface area contributed by atoms with Gasteiger partial charge in [0.25, 0.3) is 0 Å². The molecular formula is C23H28N6O2. The third-order valence-corrected chi connectivity index (χ3v) is 6.70. The molecule has 8 nitrogen and oxygen atoms in total. The number of rotatable bonds is 4. The Balaban J connectivity index is 1.57. The molecule has 8 heteroatoms. The van der Waals surface area contributed by atoms with Crippen LogP contribution < -0.4 is 10.4 Å². The molecule has 0 atom stereocenters. The average molecular weight is 421 g/mol. The van der Waals surface area contributed by atoms with E-state index in [0.29, 0.717) is 17.4 Å². The van der Waals surface area contributed by atoms with Crippen molar-refractivity contribution >= 4 is 16.7 Å². The van der Waals surface area contributed by atoms with E-state index < -0.39 is 0 Å². The van der Waals surface area contributed by atoms with Crippen LogP contribution in [0.4, 0.5) is 0 Å². The molecule has 1 aliphatic rings. The van der Waals surface area contributed by atoms with Crippen LogP contribution in [-0.4, -0.2) is 56.3 Å². The van der Waals surface area contributed by atoms with Gasteiger partial charge in [-0.1, -0.05) is 0 Å². The molecular weight excluding hydrogens is 392 g/mol. The van der Waals surface area contributed by atoms with Gasteiger partial charge in [-0.2, -0.15) is 5.10 Å². The molecule has 0 radical (unpaired) electrons. The van der Waals surface area contributed by atoms with Gasteiger partial charge in [-0.05, 0) is 76.0 Å². The lowest BCUT2D eigenvalue weighted by Gasteiger charge is -2.33. The molecule has 0 aliphatic heterocycles. The number of aromatic amines is 1. The second-order valence-electron chi connectivity index (χ2n) is 8.74. The Morgan fingerprint density at radius 2 is 1.94 bits per heavy atom. The standard InChI is InChI=1S/C23H28N6O2/c1-14-9-20-19(26-23(30)29(20)17-7-5-16(6-8-17)27(2)3)11-18(14)15-10-21(31-4)22-24-13-25-28(22)12-15/h9-13,16-17H,5-8H2,1-4H3,(H,26,30). The van der Waals surface area contributed by atoms with Gasteiger partial charge in [-0.15, -0.1) is 0 Å². The van der Waals surface area contributed by atoms with Gasteiger partial charge in [0.2, 0.25) is 0 Å². The maximum absolute atomic E-state index is 12.9. The van der Waals surface area contributed by atoms with Gasteiger partial charge in [0.1, 0.15) is 6.33 Å². The second-order valence-corrected chi connectivity index (χ2v) is 8.74. The number of aryl methyl sites for hydroxylation is 1. The number of nitrogens with one attached hydrogen (secondary N) is 1. The molecule has 1 saturated carbocycles. The van der Waals surface area contributed by atoms with E-state index in [-0.39, 0.29) is 11.7 Å². The molecule has 1 N–H and O–H groups in total. The number of methoxy groups -OCH3 is 1. The highest BCUT2D eigenvalue weighted by Crippen LogP contribution is 2.34. The predicted octanol–water partition coefficient (Wildman–Crippen LogP) is 3.40. The fourth-order valence-corrected chi connectivity index (χ4v) is 4.98. The lowest BCUT2D eigenvalue weighted by atomic mass is 9.90. The smallest absolute Gasteiger partial charge is 0.326 e. The second kappa shape index (κ2) is 7.53. The largest absolute Gasteiger partial charge is 0.493 e. The van der Waals surface area contributed by atoms with Crippen molar-refractivity contribution in [3.63, 3.8) is 0 Å². The quantitative estimate of drug-likeness (QED) is 0.547. The van der Waals surface area contributed by atoms with Crippen LogP contribution in [0.2, 0.25) is 0 Å². The van der Waals surface area contributed by atoms with Crippen molar-refractivity contribution < 1.29 is 4.74 Å². The van der Waals surface area contributed by atoms with Crippen LogP contribution >= 0.6 is 0 Å². The number of ether oxygens (including phenoxy) is 1. The van der Waals surface area contributed by atoms with Crippen molar-refractivity contribution in [2.45, 2.75) is 44.7 Å². The van der Waals surface area contributed by atoms with E-state index in [1.54, 1.807) is 11.6 Å². The summed E-state index contributed by atoms with van der Waals surface area (Å²) < 4.78 is 9.20. The topological polar surface area (TPSA) is 80.5 Å². The number of aromatic nitrogens is 5. The molecule has 162 valence electrons. The Labute approximate surface area is 180 Å². The van der Waals surface area contributed by atoms with Crippen molar-refractivity contribution in [1.29, 1.82) is 0 Å². The van der Waals surface area contributed by atoms with E-state index in [1.165, 1.54) is 6.33 Å². The zero-order valence-corrected chi connectivity index (χ0v) is 18.4. The summed E-state index contributed by atoms with van der Waals surface area (Å²) in [5.41, 5.74) is 5.60. The molecule has 0 saturated heterocycles. The highest BCUT2D eigenvalue weighted by molar-refractivity contribution is 5.85. The normalized spacial score (nSPS) is 19.5. The first-order valence-electron chi connectivity index (χ1n) is 10.8. The third kappa shape index (κ3) is 3.31. The van der Waals surface area contributed by atoms with Crippen LogP contribution in [0.15, 0.2) is 35.5 Å². The van der Waals surface area contributed by atoms with Crippen molar-refractivity contribution in [1.82, 2.24) is 29.0 Å². The van der Waals surface area contributed by atoms with E-state index in [2.05, 4.69) is 53.1 Å². The molecule has 4 aromatic rings.